The smallest absolute Gasteiger partial charge is 0.371 e. The van der Waals surface area contributed by atoms with Crippen molar-refractivity contribution in [1.82, 2.24) is 4.90 Å². The third-order valence-electron chi connectivity index (χ3n) is 4.58. The van der Waals surface area contributed by atoms with E-state index in [1.165, 1.54) is 25.0 Å². The van der Waals surface area contributed by atoms with Gasteiger partial charge in [0.2, 0.25) is 5.76 Å². The summed E-state index contributed by atoms with van der Waals surface area (Å²) in [7, 11) is 0. The highest BCUT2D eigenvalue weighted by atomic mass is 16.5. The Morgan fingerprint density at radius 2 is 1.77 bits per heavy atom. The van der Waals surface area contributed by atoms with Crippen LogP contribution in [0.5, 0.6) is 0 Å². The Morgan fingerprint density at radius 3 is 2.41 bits per heavy atom. The highest BCUT2D eigenvalue weighted by molar-refractivity contribution is 5.93. The number of rotatable bonds is 2. The first kappa shape index (κ1) is 15.1. The summed E-state index contributed by atoms with van der Waals surface area (Å²) in [4.78, 5) is 25.1. The minimum absolute atomic E-state index is 0.0862. The van der Waals surface area contributed by atoms with Crippen LogP contribution in [0, 0.1) is 0 Å². The lowest BCUT2D eigenvalue weighted by Gasteiger charge is -2.42. The summed E-state index contributed by atoms with van der Waals surface area (Å²) in [6.07, 6.45) is 6.67. The topological polar surface area (TPSA) is 80.0 Å². The lowest BCUT2D eigenvalue weighted by atomic mass is 9.92. The maximum Gasteiger partial charge on any atom is 0.371 e. The molecule has 6 heteroatoms. The van der Waals surface area contributed by atoms with E-state index in [9.17, 15) is 9.59 Å². The van der Waals surface area contributed by atoms with E-state index in [-0.39, 0.29) is 23.0 Å². The molecule has 1 aromatic heterocycles. The van der Waals surface area contributed by atoms with Crippen LogP contribution in [0.2, 0.25) is 0 Å². The summed E-state index contributed by atoms with van der Waals surface area (Å²) in [6.45, 7) is 1.61. The first-order valence-corrected chi connectivity index (χ1v) is 7.86. The molecule has 120 valence electrons. The van der Waals surface area contributed by atoms with Gasteiger partial charge in [-0.25, -0.2) is 4.79 Å². The fourth-order valence-electron chi connectivity index (χ4n) is 3.42. The van der Waals surface area contributed by atoms with Crippen molar-refractivity contribution in [3.63, 3.8) is 0 Å². The second-order valence-electron chi connectivity index (χ2n) is 6.14. The predicted octanol–water partition coefficient (Wildman–Crippen LogP) is 2.54. The maximum atomic E-state index is 12.5. The number of carboxylic acids is 1. The number of morpholine rings is 1. The van der Waals surface area contributed by atoms with E-state index in [1.807, 2.05) is 0 Å². The Morgan fingerprint density at radius 1 is 1.09 bits per heavy atom. The molecule has 1 saturated heterocycles. The molecule has 1 aromatic rings. The molecule has 1 aliphatic heterocycles. The van der Waals surface area contributed by atoms with Crippen LogP contribution >= 0.6 is 0 Å². The van der Waals surface area contributed by atoms with Gasteiger partial charge in [0, 0.05) is 6.54 Å². The average Bonchev–Trinajstić information content (AvgIpc) is 2.91. The summed E-state index contributed by atoms with van der Waals surface area (Å²) in [5.41, 5.74) is -0.230. The number of aromatic carboxylic acids is 1. The van der Waals surface area contributed by atoms with Gasteiger partial charge in [-0.3, -0.25) is 4.79 Å². The van der Waals surface area contributed by atoms with Crippen LogP contribution in [0.3, 0.4) is 0 Å². The number of hydrogen-bond donors (Lipinski definition) is 1. The molecule has 0 bridgehead atoms. The number of furan rings is 1. The Bertz CT molecular complexity index is 557. The molecule has 2 fully saturated rings. The van der Waals surface area contributed by atoms with E-state index in [0.29, 0.717) is 19.7 Å². The predicted molar refractivity (Wildman–Crippen MR) is 78.0 cm³/mol. The molecule has 22 heavy (non-hydrogen) atoms. The molecule has 3 rings (SSSR count). The monoisotopic (exact) mass is 307 g/mol. The molecule has 2 aliphatic rings. The van der Waals surface area contributed by atoms with Crippen LogP contribution in [-0.4, -0.2) is 47.2 Å². The van der Waals surface area contributed by atoms with E-state index < -0.39 is 5.97 Å². The van der Waals surface area contributed by atoms with Gasteiger partial charge in [-0.15, -0.1) is 0 Å². The van der Waals surface area contributed by atoms with Crippen molar-refractivity contribution in [2.75, 3.05) is 19.7 Å². The fourth-order valence-corrected chi connectivity index (χ4v) is 3.42. The second-order valence-corrected chi connectivity index (χ2v) is 6.14. The van der Waals surface area contributed by atoms with Crippen LogP contribution in [0.25, 0.3) is 0 Å². The molecule has 1 spiro atoms. The number of carboxylic acid groups (broad SMARTS) is 1. The van der Waals surface area contributed by atoms with Gasteiger partial charge in [-0.05, 0) is 25.0 Å². The van der Waals surface area contributed by atoms with Crippen molar-refractivity contribution in [2.24, 2.45) is 0 Å². The van der Waals surface area contributed by atoms with Crippen molar-refractivity contribution in [2.45, 2.75) is 44.1 Å². The average molecular weight is 307 g/mol. The lowest BCUT2D eigenvalue weighted by molar-refractivity contribution is -0.108. The van der Waals surface area contributed by atoms with E-state index in [0.717, 1.165) is 25.7 Å². The molecule has 1 saturated carbocycles. The van der Waals surface area contributed by atoms with Gasteiger partial charge in [-0.1, -0.05) is 25.7 Å². The normalized spacial score (nSPS) is 21.5. The first-order chi connectivity index (χ1) is 10.6. The van der Waals surface area contributed by atoms with Gasteiger partial charge in [0.1, 0.15) is 0 Å². The van der Waals surface area contributed by atoms with E-state index >= 15 is 0 Å². The fraction of sp³-hybridized carbons (Fsp3) is 0.625. The van der Waals surface area contributed by atoms with Crippen molar-refractivity contribution in [3.05, 3.63) is 23.7 Å². The minimum atomic E-state index is -1.17. The Balaban J connectivity index is 1.73. The molecule has 1 aliphatic carbocycles. The zero-order valence-corrected chi connectivity index (χ0v) is 12.5. The van der Waals surface area contributed by atoms with E-state index in [4.69, 9.17) is 14.3 Å². The summed E-state index contributed by atoms with van der Waals surface area (Å²) < 4.78 is 11.2. The molecule has 2 heterocycles. The van der Waals surface area contributed by atoms with Gasteiger partial charge in [0.05, 0.1) is 18.8 Å². The Kier molecular flexibility index (Phi) is 4.20. The van der Waals surface area contributed by atoms with Crippen molar-refractivity contribution < 1.29 is 23.8 Å². The molecule has 1 amide bonds. The molecule has 0 aromatic carbocycles. The summed E-state index contributed by atoms with van der Waals surface area (Å²) >= 11 is 0. The maximum absolute atomic E-state index is 12.5. The van der Waals surface area contributed by atoms with Crippen molar-refractivity contribution in [3.8, 4) is 0 Å². The summed E-state index contributed by atoms with van der Waals surface area (Å²) in [6, 6.07) is 2.75. The van der Waals surface area contributed by atoms with Crippen molar-refractivity contribution >= 4 is 11.9 Å². The third kappa shape index (κ3) is 3.02. The van der Waals surface area contributed by atoms with Gasteiger partial charge in [0.15, 0.2) is 5.76 Å². The molecule has 0 atom stereocenters. The van der Waals surface area contributed by atoms with Crippen molar-refractivity contribution in [1.29, 1.82) is 0 Å². The molecule has 6 nitrogen and oxygen atoms in total. The molecule has 1 N–H and O–H groups in total. The highest BCUT2D eigenvalue weighted by Crippen LogP contribution is 2.33. The number of carbonyl (C=O) groups excluding carboxylic acids is 1. The van der Waals surface area contributed by atoms with Gasteiger partial charge < -0.3 is 19.2 Å². The number of ether oxygens (including phenoxy) is 1. The Hall–Kier alpha value is -1.82. The van der Waals surface area contributed by atoms with Crippen LogP contribution in [0.4, 0.5) is 0 Å². The van der Waals surface area contributed by atoms with Gasteiger partial charge >= 0.3 is 5.97 Å². The molecular weight excluding hydrogens is 286 g/mol. The SMILES string of the molecule is O=C(O)c1ccc(C(=O)N2CCOC3(CCCCCC3)C2)o1. The number of nitrogens with zero attached hydrogens (tertiary/aromatic N) is 1. The first-order valence-electron chi connectivity index (χ1n) is 7.86. The second kappa shape index (κ2) is 6.12. The quantitative estimate of drug-likeness (QED) is 0.908. The lowest BCUT2D eigenvalue weighted by Crippen LogP contribution is -2.53. The van der Waals surface area contributed by atoms with Gasteiger partial charge in [-0.2, -0.15) is 0 Å². The standard InChI is InChI=1S/C16H21NO5/c18-14(12-5-6-13(22-12)15(19)20)17-9-10-21-16(11-17)7-3-1-2-4-8-16/h5-6H,1-4,7-11H2,(H,19,20). The minimum Gasteiger partial charge on any atom is -0.475 e. The summed E-state index contributed by atoms with van der Waals surface area (Å²) in [5.74, 6) is -1.54. The zero-order chi connectivity index (χ0) is 15.6. The number of amides is 1. The number of hydrogen-bond acceptors (Lipinski definition) is 4. The Labute approximate surface area is 129 Å². The van der Waals surface area contributed by atoms with Crippen LogP contribution < -0.4 is 0 Å². The van der Waals surface area contributed by atoms with Crippen LogP contribution in [0.15, 0.2) is 16.5 Å². The number of carbonyl (C=O) groups is 2. The van der Waals surface area contributed by atoms with E-state index in [1.54, 1.807) is 4.90 Å². The molecule has 0 unspecified atom stereocenters. The molecule has 0 radical (unpaired) electrons. The van der Waals surface area contributed by atoms with Crippen LogP contribution in [-0.2, 0) is 4.74 Å². The van der Waals surface area contributed by atoms with E-state index in [2.05, 4.69) is 0 Å². The third-order valence-corrected chi connectivity index (χ3v) is 4.58. The van der Waals surface area contributed by atoms with Gasteiger partial charge in [0.25, 0.3) is 5.91 Å². The van der Waals surface area contributed by atoms with Crippen LogP contribution in [0.1, 0.15) is 59.6 Å². The molecular formula is C16H21NO5. The highest BCUT2D eigenvalue weighted by Gasteiger charge is 2.39. The summed E-state index contributed by atoms with van der Waals surface area (Å²) in [5, 5.41) is 8.88. The largest absolute Gasteiger partial charge is 0.475 e. The zero-order valence-electron chi connectivity index (χ0n) is 12.5.